The number of esters is 1. The minimum Gasteiger partial charge on any atom is -0.478 e. The Labute approximate surface area is 125 Å². The van der Waals surface area contributed by atoms with Gasteiger partial charge in [0.2, 0.25) is 0 Å². The molecule has 0 aliphatic carbocycles. The number of benzene rings is 1. The molecule has 0 spiro atoms. The van der Waals surface area contributed by atoms with E-state index in [1.807, 2.05) is 6.92 Å². The van der Waals surface area contributed by atoms with E-state index < -0.39 is 34.4 Å². The molecule has 0 radical (unpaired) electrons. The fourth-order valence-corrected chi connectivity index (χ4v) is 2.53. The van der Waals surface area contributed by atoms with Crippen LogP contribution >= 0.6 is 11.8 Å². The van der Waals surface area contributed by atoms with Gasteiger partial charge in [0.15, 0.2) is 0 Å². The minimum atomic E-state index is -1.49. The molecule has 1 aromatic carbocycles. The van der Waals surface area contributed by atoms with Crippen LogP contribution in [0.1, 0.15) is 37.0 Å². The number of halogens is 2. The standard InChI is InChI=1S/C14H16F2O4S/c1-3-5-20-14(19)11(4-2)21-12-6-8(13(17)18)9(15)7-10(12)16/h6-7,11H,3-5H2,1-2H3,(H,17,18). The molecule has 0 amide bonds. The first kappa shape index (κ1) is 17.4. The maximum Gasteiger partial charge on any atom is 0.338 e. The Morgan fingerprint density at radius 2 is 1.95 bits per heavy atom. The molecular weight excluding hydrogens is 302 g/mol. The molecule has 0 saturated carbocycles. The summed E-state index contributed by atoms with van der Waals surface area (Å²) in [6.07, 6.45) is 1.05. The fourth-order valence-electron chi connectivity index (χ4n) is 1.53. The van der Waals surface area contributed by atoms with Crippen LogP contribution in [0.3, 0.4) is 0 Å². The first-order valence-corrected chi connectivity index (χ1v) is 7.34. The van der Waals surface area contributed by atoms with E-state index in [1.165, 1.54) is 0 Å². The van der Waals surface area contributed by atoms with Crippen LogP contribution < -0.4 is 0 Å². The lowest BCUT2D eigenvalue weighted by molar-refractivity contribution is -0.143. The summed E-state index contributed by atoms with van der Waals surface area (Å²) in [5.41, 5.74) is -0.629. The van der Waals surface area contributed by atoms with Crippen molar-refractivity contribution in [2.45, 2.75) is 36.8 Å². The quantitative estimate of drug-likeness (QED) is 0.616. The Bertz CT molecular complexity index is 534. The molecule has 1 atom stereocenters. The van der Waals surface area contributed by atoms with E-state index in [0.29, 0.717) is 18.9 Å². The van der Waals surface area contributed by atoms with E-state index in [0.717, 1.165) is 17.8 Å². The van der Waals surface area contributed by atoms with Gasteiger partial charge in [-0.3, -0.25) is 4.79 Å². The molecule has 7 heteroatoms. The van der Waals surface area contributed by atoms with Gasteiger partial charge < -0.3 is 9.84 Å². The van der Waals surface area contributed by atoms with Crippen molar-refractivity contribution in [3.05, 3.63) is 29.3 Å². The second-order valence-corrected chi connectivity index (χ2v) is 5.49. The number of ether oxygens (including phenoxy) is 1. The van der Waals surface area contributed by atoms with E-state index in [1.54, 1.807) is 6.92 Å². The van der Waals surface area contributed by atoms with Crippen molar-refractivity contribution in [3.63, 3.8) is 0 Å². The van der Waals surface area contributed by atoms with E-state index >= 15 is 0 Å². The normalized spacial score (nSPS) is 12.0. The van der Waals surface area contributed by atoms with Gasteiger partial charge >= 0.3 is 11.9 Å². The third kappa shape index (κ3) is 4.70. The van der Waals surface area contributed by atoms with Gasteiger partial charge in [0.25, 0.3) is 0 Å². The Morgan fingerprint density at radius 3 is 2.48 bits per heavy atom. The van der Waals surface area contributed by atoms with Crippen LogP contribution in [0.2, 0.25) is 0 Å². The topological polar surface area (TPSA) is 63.6 Å². The summed E-state index contributed by atoms with van der Waals surface area (Å²) in [6, 6.07) is 1.41. The van der Waals surface area contributed by atoms with Gasteiger partial charge in [0, 0.05) is 11.0 Å². The highest BCUT2D eigenvalue weighted by molar-refractivity contribution is 8.00. The summed E-state index contributed by atoms with van der Waals surface area (Å²) in [7, 11) is 0. The second-order valence-electron chi connectivity index (χ2n) is 4.25. The third-order valence-electron chi connectivity index (χ3n) is 2.60. The number of carboxylic acids is 1. The average Bonchev–Trinajstić information content (AvgIpc) is 2.43. The molecule has 1 aromatic rings. The highest BCUT2D eigenvalue weighted by Crippen LogP contribution is 2.30. The number of thioether (sulfide) groups is 1. The highest BCUT2D eigenvalue weighted by Gasteiger charge is 2.23. The molecule has 1 rings (SSSR count). The predicted octanol–water partition coefficient (Wildman–Crippen LogP) is 3.49. The van der Waals surface area contributed by atoms with E-state index in [-0.39, 0.29) is 11.5 Å². The van der Waals surface area contributed by atoms with Crippen molar-refractivity contribution >= 4 is 23.7 Å². The lowest BCUT2D eigenvalue weighted by Gasteiger charge is -2.14. The van der Waals surface area contributed by atoms with Crippen LogP contribution in [0.5, 0.6) is 0 Å². The van der Waals surface area contributed by atoms with Crippen LogP contribution in [0.25, 0.3) is 0 Å². The van der Waals surface area contributed by atoms with Gasteiger partial charge in [0.05, 0.1) is 12.2 Å². The molecule has 116 valence electrons. The summed E-state index contributed by atoms with van der Waals surface area (Å²) in [5, 5.41) is 8.17. The Kier molecular flexibility index (Phi) is 6.61. The fraction of sp³-hybridized carbons (Fsp3) is 0.429. The summed E-state index contributed by atoms with van der Waals surface area (Å²) in [6.45, 7) is 3.84. The van der Waals surface area contributed by atoms with E-state index in [9.17, 15) is 18.4 Å². The van der Waals surface area contributed by atoms with Crippen molar-refractivity contribution < 1.29 is 28.2 Å². The number of carboxylic acid groups (broad SMARTS) is 1. The number of rotatable bonds is 7. The molecule has 1 unspecified atom stereocenters. The Balaban J connectivity index is 2.96. The lowest BCUT2D eigenvalue weighted by Crippen LogP contribution is -2.20. The van der Waals surface area contributed by atoms with Gasteiger partial charge in [-0.2, -0.15) is 0 Å². The van der Waals surface area contributed by atoms with Gasteiger partial charge in [-0.05, 0) is 18.9 Å². The molecular formula is C14H16F2O4S. The zero-order valence-electron chi connectivity index (χ0n) is 11.7. The van der Waals surface area contributed by atoms with Crippen LogP contribution in [0, 0.1) is 11.6 Å². The summed E-state index contributed by atoms with van der Waals surface area (Å²) in [4.78, 5) is 22.5. The van der Waals surface area contributed by atoms with Crippen molar-refractivity contribution in [3.8, 4) is 0 Å². The van der Waals surface area contributed by atoms with Crippen molar-refractivity contribution in [2.75, 3.05) is 6.61 Å². The smallest absolute Gasteiger partial charge is 0.338 e. The minimum absolute atomic E-state index is 0.0888. The van der Waals surface area contributed by atoms with Gasteiger partial charge in [-0.25, -0.2) is 13.6 Å². The largest absolute Gasteiger partial charge is 0.478 e. The zero-order chi connectivity index (χ0) is 16.0. The van der Waals surface area contributed by atoms with E-state index in [2.05, 4.69) is 0 Å². The summed E-state index contributed by atoms with van der Waals surface area (Å²) >= 11 is 0.835. The number of hydrogen-bond donors (Lipinski definition) is 1. The lowest BCUT2D eigenvalue weighted by atomic mass is 10.2. The highest BCUT2D eigenvalue weighted by atomic mass is 32.2. The zero-order valence-corrected chi connectivity index (χ0v) is 12.5. The number of hydrogen-bond acceptors (Lipinski definition) is 4. The molecule has 4 nitrogen and oxygen atoms in total. The summed E-state index contributed by atoms with van der Waals surface area (Å²) < 4.78 is 32.0. The maximum atomic E-state index is 13.7. The first-order valence-electron chi connectivity index (χ1n) is 6.46. The number of carbonyl (C=O) groups is 2. The van der Waals surface area contributed by atoms with E-state index in [4.69, 9.17) is 9.84 Å². The molecule has 0 aliphatic heterocycles. The summed E-state index contributed by atoms with van der Waals surface area (Å²) in [5.74, 6) is -4.03. The Morgan fingerprint density at radius 1 is 1.29 bits per heavy atom. The molecule has 1 N–H and O–H groups in total. The molecule has 0 aromatic heterocycles. The van der Waals surface area contributed by atoms with Gasteiger partial charge in [0.1, 0.15) is 16.9 Å². The Hall–Kier alpha value is -1.63. The molecule has 0 fully saturated rings. The second kappa shape index (κ2) is 7.97. The first-order chi connectivity index (χ1) is 9.90. The number of carbonyl (C=O) groups excluding carboxylic acids is 1. The monoisotopic (exact) mass is 318 g/mol. The SMILES string of the molecule is CCCOC(=O)C(CC)Sc1cc(C(=O)O)c(F)cc1F. The average molecular weight is 318 g/mol. The van der Waals surface area contributed by atoms with Gasteiger partial charge in [-0.1, -0.05) is 13.8 Å². The molecule has 0 saturated heterocycles. The molecule has 0 aliphatic rings. The van der Waals surface area contributed by atoms with Crippen molar-refractivity contribution in [1.82, 2.24) is 0 Å². The predicted molar refractivity (Wildman–Crippen MR) is 74.5 cm³/mol. The van der Waals surface area contributed by atoms with Crippen LogP contribution in [-0.2, 0) is 9.53 Å². The van der Waals surface area contributed by atoms with Crippen molar-refractivity contribution in [2.24, 2.45) is 0 Å². The maximum absolute atomic E-state index is 13.7. The molecule has 0 bridgehead atoms. The van der Waals surface area contributed by atoms with Crippen LogP contribution in [0.4, 0.5) is 8.78 Å². The number of aromatic carboxylic acids is 1. The molecule has 21 heavy (non-hydrogen) atoms. The third-order valence-corrected chi connectivity index (χ3v) is 3.98. The van der Waals surface area contributed by atoms with Gasteiger partial charge in [-0.15, -0.1) is 11.8 Å². The van der Waals surface area contributed by atoms with Crippen molar-refractivity contribution in [1.29, 1.82) is 0 Å². The van der Waals surface area contributed by atoms with Crippen LogP contribution in [0.15, 0.2) is 17.0 Å². The molecule has 0 heterocycles. The van der Waals surface area contributed by atoms with Crippen LogP contribution in [-0.4, -0.2) is 28.9 Å².